The molecule has 0 aromatic heterocycles. The number of carbonyl (C=O) groups is 1. The third-order valence-corrected chi connectivity index (χ3v) is 3.95. The van der Waals surface area contributed by atoms with Gasteiger partial charge in [0.2, 0.25) is 19.5 Å². The second-order valence-electron chi connectivity index (χ2n) is 5.82. The van der Waals surface area contributed by atoms with Crippen LogP contribution in [0.4, 0.5) is 0 Å². The van der Waals surface area contributed by atoms with Crippen LogP contribution in [0.15, 0.2) is 42.5 Å². The van der Waals surface area contributed by atoms with Gasteiger partial charge in [0.05, 0.1) is 6.54 Å². The lowest BCUT2D eigenvalue weighted by atomic mass is 10.2. The van der Waals surface area contributed by atoms with E-state index in [9.17, 15) is 4.79 Å². The molecule has 2 aliphatic heterocycles. The number of benzene rings is 2. The molecule has 0 radical (unpaired) electrons. The van der Waals surface area contributed by atoms with Gasteiger partial charge in [-0.2, -0.15) is 0 Å². The smallest absolute Gasteiger partial charge is 0.244 e. The highest BCUT2D eigenvalue weighted by Gasteiger charge is 2.13. The van der Waals surface area contributed by atoms with Gasteiger partial charge < -0.3 is 29.0 Å². The molecule has 7 nitrogen and oxygen atoms in total. The molecular weight excluding hydrogens is 362 g/mol. The van der Waals surface area contributed by atoms with Crippen LogP contribution in [-0.2, 0) is 4.79 Å². The molecular formula is C21H17NO6. The quantitative estimate of drug-likeness (QED) is 0.635. The van der Waals surface area contributed by atoms with Crippen LogP contribution in [-0.4, -0.2) is 32.6 Å². The number of hydrogen-bond donors (Lipinski definition) is 1. The van der Waals surface area contributed by atoms with E-state index in [0.717, 1.165) is 5.56 Å². The largest absolute Gasteiger partial charge is 0.481 e. The maximum absolute atomic E-state index is 11.8. The zero-order valence-corrected chi connectivity index (χ0v) is 14.9. The van der Waals surface area contributed by atoms with Gasteiger partial charge in [0, 0.05) is 12.1 Å². The van der Waals surface area contributed by atoms with Gasteiger partial charge in [-0.05, 0) is 35.9 Å². The van der Waals surface area contributed by atoms with Crippen LogP contribution >= 0.6 is 0 Å². The molecule has 2 heterocycles. The van der Waals surface area contributed by atoms with Gasteiger partial charge in [-0.25, -0.2) is 0 Å². The summed E-state index contributed by atoms with van der Waals surface area (Å²) in [6.45, 7) is 0.888. The molecule has 7 heteroatoms. The first-order chi connectivity index (χ1) is 13.8. The summed E-state index contributed by atoms with van der Waals surface area (Å²) in [5.74, 6) is 8.85. The fraction of sp³-hybridized carbons (Fsp3) is 0.190. The number of rotatable bonds is 5. The summed E-state index contributed by atoms with van der Waals surface area (Å²) >= 11 is 0. The molecule has 0 saturated carbocycles. The number of carbonyl (C=O) groups excluding carboxylic acids is 1. The minimum Gasteiger partial charge on any atom is -0.481 e. The molecule has 0 spiro atoms. The lowest BCUT2D eigenvalue weighted by Gasteiger charge is -2.02. The van der Waals surface area contributed by atoms with Crippen LogP contribution in [0.3, 0.4) is 0 Å². The Bertz CT molecular complexity index is 973. The first-order valence-corrected chi connectivity index (χ1v) is 8.62. The summed E-state index contributed by atoms with van der Waals surface area (Å²) in [7, 11) is 0. The Morgan fingerprint density at radius 2 is 1.68 bits per heavy atom. The van der Waals surface area contributed by atoms with Gasteiger partial charge in [0.1, 0.15) is 12.4 Å². The highest BCUT2D eigenvalue weighted by Crippen LogP contribution is 2.35. The summed E-state index contributed by atoms with van der Waals surface area (Å²) in [4.78, 5) is 11.8. The minimum absolute atomic E-state index is 0.211. The van der Waals surface area contributed by atoms with E-state index in [2.05, 4.69) is 17.2 Å². The van der Waals surface area contributed by atoms with Crippen molar-refractivity contribution in [3.63, 3.8) is 0 Å². The summed E-state index contributed by atoms with van der Waals surface area (Å²) in [5, 5.41) is 2.69. The Hall–Kier alpha value is -3.79. The first-order valence-electron chi connectivity index (χ1n) is 8.62. The van der Waals surface area contributed by atoms with E-state index < -0.39 is 0 Å². The first kappa shape index (κ1) is 17.6. The van der Waals surface area contributed by atoms with Crippen molar-refractivity contribution in [2.45, 2.75) is 0 Å². The highest BCUT2D eigenvalue weighted by atomic mass is 16.7. The Balaban J connectivity index is 1.18. The fourth-order valence-corrected chi connectivity index (χ4v) is 2.58. The molecule has 0 bridgehead atoms. The molecule has 2 aliphatic rings. The molecule has 28 heavy (non-hydrogen) atoms. The maximum Gasteiger partial charge on any atom is 0.244 e. The van der Waals surface area contributed by atoms with Crippen LogP contribution in [0.5, 0.6) is 28.7 Å². The summed E-state index contributed by atoms with van der Waals surface area (Å²) in [6.07, 6.45) is 3.15. The predicted octanol–water partition coefficient (Wildman–Crippen LogP) is 2.36. The van der Waals surface area contributed by atoms with Crippen LogP contribution in [0.25, 0.3) is 6.08 Å². The van der Waals surface area contributed by atoms with E-state index in [1.54, 1.807) is 24.3 Å². The zero-order valence-electron chi connectivity index (χ0n) is 14.9. The SMILES string of the molecule is O=C(/C=C/c1ccc2c(c1)OCO2)NCC#CCOc1ccc2c(c1)OCO2. The van der Waals surface area contributed by atoms with E-state index >= 15 is 0 Å². The lowest BCUT2D eigenvalue weighted by Crippen LogP contribution is -2.21. The normalized spacial score (nSPS) is 13.1. The Labute approximate surface area is 161 Å². The van der Waals surface area contributed by atoms with Gasteiger partial charge in [0.15, 0.2) is 23.0 Å². The third kappa shape index (κ3) is 4.30. The van der Waals surface area contributed by atoms with E-state index in [-0.39, 0.29) is 32.6 Å². The van der Waals surface area contributed by atoms with E-state index in [4.69, 9.17) is 23.7 Å². The molecule has 142 valence electrons. The predicted molar refractivity (Wildman–Crippen MR) is 100 cm³/mol. The van der Waals surface area contributed by atoms with E-state index in [0.29, 0.717) is 28.7 Å². The number of amides is 1. The van der Waals surface area contributed by atoms with Crippen molar-refractivity contribution in [3.8, 4) is 40.6 Å². The zero-order chi connectivity index (χ0) is 19.2. The van der Waals surface area contributed by atoms with Crippen molar-refractivity contribution in [2.75, 3.05) is 26.7 Å². The van der Waals surface area contributed by atoms with E-state index in [1.807, 2.05) is 18.2 Å². The van der Waals surface area contributed by atoms with Crippen molar-refractivity contribution in [3.05, 3.63) is 48.0 Å². The van der Waals surface area contributed by atoms with Crippen LogP contribution in [0, 0.1) is 11.8 Å². The maximum atomic E-state index is 11.8. The topological polar surface area (TPSA) is 75.3 Å². The Morgan fingerprint density at radius 3 is 2.50 bits per heavy atom. The highest BCUT2D eigenvalue weighted by molar-refractivity contribution is 5.91. The van der Waals surface area contributed by atoms with Crippen LogP contribution < -0.4 is 29.0 Å². The molecule has 0 aliphatic carbocycles. The molecule has 4 rings (SSSR count). The molecule has 1 N–H and O–H groups in total. The minimum atomic E-state index is -0.233. The average molecular weight is 379 g/mol. The van der Waals surface area contributed by atoms with Gasteiger partial charge in [-0.15, -0.1) is 0 Å². The van der Waals surface area contributed by atoms with Gasteiger partial charge in [-0.3, -0.25) is 4.79 Å². The molecule has 0 saturated heterocycles. The van der Waals surface area contributed by atoms with Crippen molar-refractivity contribution in [1.29, 1.82) is 0 Å². The number of ether oxygens (including phenoxy) is 5. The Morgan fingerprint density at radius 1 is 0.964 bits per heavy atom. The van der Waals surface area contributed by atoms with Crippen molar-refractivity contribution in [2.24, 2.45) is 0 Å². The lowest BCUT2D eigenvalue weighted by molar-refractivity contribution is -0.116. The van der Waals surface area contributed by atoms with Crippen LogP contribution in [0.2, 0.25) is 0 Å². The second kappa shape index (κ2) is 8.27. The standard InChI is InChI=1S/C21H17NO6/c23-21(8-4-15-3-6-17-19(11-15)27-13-25-17)22-9-1-2-10-24-16-5-7-18-20(12-16)28-14-26-18/h3-8,11-12H,9-10,13-14H2,(H,22,23)/b8-4+. The molecule has 0 fully saturated rings. The van der Waals surface area contributed by atoms with Crippen molar-refractivity contribution < 1.29 is 28.5 Å². The van der Waals surface area contributed by atoms with Gasteiger partial charge >= 0.3 is 0 Å². The monoisotopic (exact) mass is 379 g/mol. The summed E-state index contributed by atoms with van der Waals surface area (Å²) in [5.41, 5.74) is 0.850. The molecule has 0 atom stereocenters. The Kier molecular flexibility index (Phi) is 5.20. The van der Waals surface area contributed by atoms with Gasteiger partial charge in [0.25, 0.3) is 0 Å². The third-order valence-electron chi connectivity index (χ3n) is 3.95. The van der Waals surface area contributed by atoms with E-state index in [1.165, 1.54) is 6.08 Å². The van der Waals surface area contributed by atoms with Crippen molar-refractivity contribution >= 4 is 12.0 Å². The fourth-order valence-electron chi connectivity index (χ4n) is 2.58. The number of fused-ring (bicyclic) bond motifs is 2. The molecule has 2 aromatic carbocycles. The average Bonchev–Trinajstić information content (AvgIpc) is 3.37. The second-order valence-corrected chi connectivity index (χ2v) is 5.82. The molecule has 2 aromatic rings. The van der Waals surface area contributed by atoms with Crippen LogP contribution in [0.1, 0.15) is 5.56 Å². The number of nitrogens with one attached hydrogen (secondary N) is 1. The number of hydrogen-bond acceptors (Lipinski definition) is 6. The molecule has 0 unspecified atom stereocenters. The van der Waals surface area contributed by atoms with Crippen molar-refractivity contribution in [1.82, 2.24) is 5.32 Å². The summed E-state index contributed by atoms with van der Waals surface area (Å²) < 4.78 is 26.6. The summed E-state index contributed by atoms with van der Waals surface area (Å²) in [6, 6.07) is 10.8. The molecule has 1 amide bonds. The van der Waals surface area contributed by atoms with Gasteiger partial charge in [-0.1, -0.05) is 17.9 Å².